The number of hydrogen-bond donors (Lipinski definition) is 7. The molecule has 1 aliphatic heterocycles. The van der Waals surface area contributed by atoms with Crippen molar-refractivity contribution in [1.82, 2.24) is 9.97 Å². The van der Waals surface area contributed by atoms with Crippen molar-refractivity contribution in [3.05, 3.63) is 88.8 Å². The lowest BCUT2D eigenvalue weighted by Gasteiger charge is -2.14. The van der Waals surface area contributed by atoms with Crippen LogP contribution in [0.5, 0.6) is 23.0 Å². The Balaban J connectivity index is 0.000000256. The summed E-state index contributed by atoms with van der Waals surface area (Å²) >= 11 is 0. The summed E-state index contributed by atoms with van der Waals surface area (Å²) in [6, 6.07) is 3.15. The Morgan fingerprint density at radius 2 is 1.00 bits per heavy atom. The van der Waals surface area contributed by atoms with Gasteiger partial charge in [-0.25, -0.2) is 74.9 Å². The minimum atomic E-state index is -5.41. The highest BCUT2D eigenvalue weighted by molar-refractivity contribution is 7.93. The SMILES string of the molecule is C.O=P(O)(O)Oc1cc(NS(=O)(=O)c2c(F)c(F)c(F)c(F)c2F)cc2[nH]cnc12.O=P(O)(O)Oc1cc(NS(=O)(=O)c2c(F)c(F)c(F)c(F)c2F)cc2c1OCO2. The smallest absolute Gasteiger partial charge is 0.453 e. The van der Waals surface area contributed by atoms with Gasteiger partial charge in [0.05, 0.1) is 23.2 Å². The summed E-state index contributed by atoms with van der Waals surface area (Å²) in [5, 5.41) is 0. The highest BCUT2D eigenvalue weighted by Gasteiger charge is 2.36. The fourth-order valence-corrected chi connectivity index (χ4v) is 7.71. The second-order valence-electron chi connectivity index (χ2n) is 10.7. The summed E-state index contributed by atoms with van der Waals surface area (Å²) in [5.74, 6) is -27.4. The van der Waals surface area contributed by atoms with E-state index in [2.05, 4.69) is 19.0 Å². The molecule has 0 saturated carbocycles. The van der Waals surface area contributed by atoms with Crippen LogP contribution in [0, 0.1) is 58.2 Å². The number of rotatable bonds is 10. The summed E-state index contributed by atoms with van der Waals surface area (Å²) in [6.07, 6.45) is 1.06. The third kappa shape index (κ3) is 9.59. The van der Waals surface area contributed by atoms with Crippen molar-refractivity contribution in [1.29, 1.82) is 0 Å². The number of hydrogen-bond acceptors (Lipinski definition) is 11. The van der Waals surface area contributed by atoms with Crippen LogP contribution in [0.25, 0.3) is 11.0 Å². The van der Waals surface area contributed by atoms with Crippen molar-refractivity contribution in [2.24, 2.45) is 0 Å². The summed E-state index contributed by atoms with van der Waals surface area (Å²) in [4.78, 5) is 37.5. The average molecular weight is 939 g/mol. The normalized spacial score (nSPS) is 12.7. The van der Waals surface area contributed by atoms with Crippen molar-refractivity contribution in [3.8, 4) is 23.0 Å². The standard InChI is InChI=1S/C13H7F5N3O6PS.C13H7F5NO8PS.CH4/c14-7-8(15)10(17)13(11(18)9(7)16)29(25,26)21-4-1-5-12(20-3-19-5)6(2-4)27-28(22,23)24;14-7-8(15)10(17)13(11(18)9(7)16)29(23,24)19-4-1-5-12(26-3-25-5)6(2-4)27-28(20,21)22;/h1-3,21H,(H,19,20)(H2,22,23,24);1-2,19H,3H2,(H2,20,21,22);1H4. The number of halogens is 10. The zero-order valence-electron chi connectivity index (χ0n) is 26.9. The van der Waals surface area contributed by atoms with Crippen LogP contribution in [0.1, 0.15) is 7.43 Å². The maximum absolute atomic E-state index is 13.8. The number of imidazole rings is 1. The maximum Gasteiger partial charge on any atom is 0.524 e. The molecule has 0 radical (unpaired) electrons. The van der Waals surface area contributed by atoms with Crippen molar-refractivity contribution in [2.75, 3.05) is 16.2 Å². The number of fused-ring (bicyclic) bond motifs is 2. The van der Waals surface area contributed by atoms with E-state index in [0.29, 0.717) is 12.1 Å². The second-order valence-corrected chi connectivity index (χ2v) is 16.2. The van der Waals surface area contributed by atoms with Crippen molar-refractivity contribution in [3.63, 3.8) is 0 Å². The van der Waals surface area contributed by atoms with Crippen LogP contribution in [0.2, 0.25) is 0 Å². The van der Waals surface area contributed by atoms with Crippen LogP contribution in [0.4, 0.5) is 55.3 Å². The number of anilines is 2. The Kier molecular flexibility index (Phi) is 12.9. The molecule has 1 aromatic heterocycles. The van der Waals surface area contributed by atoms with Crippen LogP contribution >= 0.6 is 15.6 Å². The number of phosphoric acid groups is 2. The van der Waals surface area contributed by atoms with E-state index in [4.69, 9.17) is 29.0 Å². The monoisotopic (exact) mass is 938 g/mol. The van der Waals surface area contributed by atoms with Gasteiger partial charge in [0, 0.05) is 18.2 Å². The number of phosphoric ester groups is 2. The molecule has 1 aliphatic rings. The van der Waals surface area contributed by atoms with Crippen molar-refractivity contribution >= 4 is 58.1 Å². The first-order valence-corrected chi connectivity index (χ1v) is 20.2. The molecule has 18 nitrogen and oxygen atoms in total. The van der Waals surface area contributed by atoms with E-state index >= 15 is 0 Å². The summed E-state index contributed by atoms with van der Waals surface area (Å²) in [6.45, 7) is -0.444. The molecule has 2 heterocycles. The fraction of sp³-hybridized carbons (Fsp3) is 0.0741. The summed E-state index contributed by atoms with van der Waals surface area (Å²) in [7, 11) is -21.1. The van der Waals surface area contributed by atoms with E-state index < -0.39 is 133 Å². The van der Waals surface area contributed by atoms with E-state index in [9.17, 15) is 69.9 Å². The van der Waals surface area contributed by atoms with Gasteiger partial charge in [0.2, 0.25) is 24.2 Å². The highest BCUT2D eigenvalue weighted by atomic mass is 32.2. The molecule has 4 aromatic carbocycles. The van der Waals surface area contributed by atoms with Gasteiger partial charge >= 0.3 is 15.6 Å². The first-order chi connectivity index (χ1) is 26.6. The van der Waals surface area contributed by atoms with E-state index in [1.807, 2.05) is 0 Å². The lowest BCUT2D eigenvalue weighted by atomic mass is 10.2. The minimum Gasteiger partial charge on any atom is -0.453 e. The van der Waals surface area contributed by atoms with Gasteiger partial charge in [-0.3, -0.25) is 29.0 Å². The number of ether oxygens (including phenoxy) is 2. The number of H-pyrrole nitrogens is 1. The lowest BCUT2D eigenvalue weighted by Crippen LogP contribution is -2.19. The van der Waals surface area contributed by atoms with Gasteiger partial charge in [0.1, 0.15) is 5.52 Å². The molecule has 322 valence electrons. The van der Waals surface area contributed by atoms with Crippen LogP contribution in [-0.2, 0) is 29.2 Å². The summed E-state index contributed by atoms with van der Waals surface area (Å²) in [5.41, 5.74) is -1.42. The van der Waals surface area contributed by atoms with E-state index in [-0.39, 0.29) is 30.0 Å². The molecule has 0 spiro atoms. The zero-order valence-corrected chi connectivity index (χ0v) is 30.3. The average Bonchev–Trinajstić information content (AvgIpc) is 3.77. The first-order valence-electron chi connectivity index (χ1n) is 14.1. The quantitative estimate of drug-likeness (QED) is 0.0392. The molecule has 0 unspecified atom stereocenters. The first kappa shape index (κ1) is 46.3. The number of aromatic amines is 1. The van der Waals surface area contributed by atoms with Crippen molar-refractivity contribution < 1.29 is 108 Å². The van der Waals surface area contributed by atoms with Gasteiger partial charge in [-0.05, 0) is 6.07 Å². The van der Waals surface area contributed by atoms with Crippen LogP contribution in [0.15, 0.2) is 40.4 Å². The van der Waals surface area contributed by atoms with E-state index in [0.717, 1.165) is 18.5 Å². The van der Waals surface area contributed by atoms with Gasteiger partial charge in [0.15, 0.2) is 73.6 Å². The largest absolute Gasteiger partial charge is 0.524 e. The minimum absolute atomic E-state index is 0. The van der Waals surface area contributed by atoms with Crippen molar-refractivity contribution in [2.45, 2.75) is 17.2 Å². The topological polar surface area (TPSA) is 273 Å². The number of sulfonamides is 2. The number of aromatic nitrogens is 2. The van der Waals surface area contributed by atoms with Crippen LogP contribution < -0.4 is 28.0 Å². The molecule has 0 saturated heterocycles. The Labute approximate surface area is 320 Å². The lowest BCUT2D eigenvalue weighted by molar-refractivity contribution is 0.171. The third-order valence-corrected chi connectivity index (χ3v) is 10.4. The predicted molar refractivity (Wildman–Crippen MR) is 175 cm³/mol. The molecule has 0 aliphatic carbocycles. The van der Waals surface area contributed by atoms with Crippen LogP contribution in [0.3, 0.4) is 0 Å². The number of nitrogens with one attached hydrogen (secondary N) is 3. The zero-order chi connectivity index (χ0) is 43.4. The molecule has 7 N–H and O–H groups in total. The Morgan fingerprint density at radius 1 is 0.610 bits per heavy atom. The molecule has 32 heteroatoms. The van der Waals surface area contributed by atoms with Gasteiger partial charge in [-0.2, -0.15) is 0 Å². The van der Waals surface area contributed by atoms with E-state index in [1.165, 1.54) is 4.72 Å². The van der Waals surface area contributed by atoms with Gasteiger partial charge in [0.25, 0.3) is 20.0 Å². The predicted octanol–water partition coefficient (Wildman–Crippen LogP) is 5.55. The molecule has 0 bridgehead atoms. The molecular formula is C27H18F10N4O14P2S2. The molecule has 59 heavy (non-hydrogen) atoms. The molecule has 0 atom stereocenters. The Hall–Kier alpha value is -5.35. The molecule has 0 fully saturated rings. The third-order valence-electron chi connectivity index (χ3n) is 6.74. The number of benzene rings is 4. The Bertz CT molecular complexity index is 2790. The fourth-order valence-electron chi connectivity index (χ4n) is 4.56. The Morgan fingerprint density at radius 3 is 1.44 bits per heavy atom. The van der Waals surface area contributed by atoms with E-state index in [1.54, 1.807) is 4.72 Å². The highest BCUT2D eigenvalue weighted by Crippen LogP contribution is 2.50. The number of nitrogens with zero attached hydrogens (tertiary/aromatic N) is 1. The summed E-state index contributed by atoms with van der Waals surface area (Å²) < 4.78 is 227. The molecule has 0 amide bonds. The molecule has 5 aromatic rings. The second kappa shape index (κ2) is 16.4. The maximum atomic E-state index is 13.8. The van der Waals surface area contributed by atoms with Crippen LogP contribution in [-0.4, -0.2) is 53.2 Å². The molecular weight excluding hydrogens is 920 g/mol. The van der Waals surface area contributed by atoms with Gasteiger partial charge < -0.3 is 23.5 Å². The van der Waals surface area contributed by atoms with Gasteiger partial charge in [-0.15, -0.1) is 0 Å². The molecule has 6 rings (SSSR count). The van der Waals surface area contributed by atoms with Gasteiger partial charge in [-0.1, -0.05) is 7.43 Å².